The van der Waals surface area contributed by atoms with Gasteiger partial charge in [-0.25, -0.2) is 8.78 Å². The molecule has 2 N–H and O–H groups in total. The van der Waals surface area contributed by atoms with E-state index in [-0.39, 0.29) is 18.1 Å². The van der Waals surface area contributed by atoms with Gasteiger partial charge in [-0.1, -0.05) is 11.6 Å². The first kappa shape index (κ1) is 9.25. The minimum atomic E-state index is -2.34. The van der Waals surface area contributed by atoms with Gasteiger partial charge in [-0.05, 0) is 0 Å². The summed E-state index contributed by atoms with van der Waals surface area (Å²) in [6.45, 7) is 0.0910. The molecule has 0 aliphatic rings. The summed E-state index contributed by atoms with van der Waals surface area (Å²) in [5.41, 5.74) is 5.66. The monoisotopic (exact) mass is 195 g/mol. The van der Waals surface area contributed by atoms with E-state index in [1.165, 1.54) is 10.9 Å². The number of nitrogen functional groups attached to an aromatic ring is 1. The maximum atomic E-state index is 11.7. The standard InChI is InChI=1S/C6H8ClF2N3/c7-6-4(10)3-11-12(6)2-1-5(8)9/h3,5H,1-2,10H2. The van der Waals surface area contributed by atoms with Gasteiger partial charge >= 0.3 is 0 Å². The zero-order valence-corrected chi connectivity index (χ0v) is 6.93. The Labute approximate surface area is 73.1 Å². The van der Waals surface area contributed by atoms with Crippen LogP contribution in [0.25, 0.3) is 0 Å². The van der Waals surface area contributed by atoms with Crippen LogP contribution in [0.15, 0.2) is 6.20 Å². The van der Waals surface area contributed by atoms with Gasteiger partial charge in [0.25, 0.3) is 0 Å². The van der Waals surface area contributed by atoms with Crippen molar-refractivity contribution in [2.24, 2.45) is 0 Å². The van der Waals surface area contributed by atoms with Crippen LogP contribution in [-0.4, -0.2) is 16.2 Å². The lowest BCUT2D eigenvalue weighted by Gasteiger charge is -2.01. The number of nitrogens with two attached hydrogens (primary N) is 1. The first-order valence-corrected chi connectivity index (χ1v) is 3.74. The molecule has 12 heavy (non-hydrogen) atoms. The van der Waals surface area contributed by atoms with Crippen molar-refractivity contribution in [3.8, 4) is 0 Å². The van der Waals surface area contributed by atoms with Gasteiger partial charge < -0.3 is 5.73 Å². The van der Waals surface area contributed by atoms with Crippen LogP contribution in [0.2, 0.25) is 5.15 Å². The van der Waals surface area contributed by atoms with E-state index in [4.69, 9.17) is 17.3 Å². The minimum Gasteiger partial charge on any atom is -0.395 e. The van der Waals surface area contributed by atoms with E-state index in [0.29, 0.717) is 5.69 Å². The zero-order valence-electron chi connectivity index (χ0n) is 6.17. The number of aryl methyl sites for hydroxylation is 1. The number of halogens is 3. The van der Waals surface area contributed by atoms with E-state index >= 15 is 0 Å². The van der Waals surface area contributed by atoms with E-state index in [0.717, 1.165) is 0 Å². The molecule has 1 aromatic heterocycles. The number of hydrogen-bond acceptors (Lipinski definition) is 2. The van der Waals surface area contributed by atoms with Gasteiger partial charge in [0.05, 0.1) is 11.9 Å². The second-order valence-electron chi connectivity index (χ2n) is 2.29. The van der Waals surface area contributed by atoms with Crippen LogP contribution >= 0.6 is 11.6 Å². The maximum Gasteiger partial charge on any atom is 0.240 e. The van der Waals surface area contributed by atoms with Gasteiger partial charge in [0.1, 0.15) is 5.15 Å². The number of nitrogens with zero attached hydrogens (tertiary/aromatic N) is 2. The summed E-state index contributed by atoms with van der Waals surface area (Å²) in [6, 6.07) is 0. The molecule has 0 fully saturated rings. The van der Waals surface area contributed by atoms with Gasteiger partial charge in [-0.3, -0.25) is 4.68 Å². The molecule has 0 saturated carbocycles. The smallest absolute Gasteiger partial charge is 0.240 e. The Balaban J connectivity index is 2.58. The average Bonchev–Trinajstić information content (AvgIpc) is 2.30. The first-order chi connectivity index (χ1) is 5.61. The highest BCUT2D eigenvalue weighted by molar-refractivity contribution is 6.31. The minimum absolute atomic E-state index is 0.0910. The Hall–Kier alpha value is -0.840. The fourth-order valence-electron chi connectivity index (χ4n) is 0.761. The highest BCUT2D eigenvalue weighted by atomic mass is 35.5. The van der Waals surface area contributed by atoms with Crippen LogP contribution < -0.4 is 5.73 Å². The number of hydrogen-bond donors (Lipinski definition) is 1. The van der Waals surface area contributed by atoms with E-state index in [1.807, 2.05) is 0 Å². The van der Waals surface area contributed by atoms with Gasteiger partial charge in [0.15, 0.2) is 0 Å². The second kappa shape index (κ2) is 3.71. The lowest BCUT2D eigenvalue weighted by atomic mass is 10.4. The zero-order chi connectivity index (χ0) is 9.14. The topological polar surface area (TPSA) is 43.8 Å². The lowest BCUT2D eigenvalue weighted by molar-refractivity contribution is 0.130. The largest absolute Gasteiger partial charge is 0.395 e. The number of anilines is 1. The molecule has 0 aliphatic heterocycles. The van der Waals surface area contributed by atoms with Crippen molar-refractivity contribution in [3.63, 3.8) is 0 Å². The van der Waals surface area contributed by atoms with Crippen LogP contribution in [0.4, 0.5) is 14.5 Å². The molecule has 0 atom stereocenters. The summed E-state index contributed by atoms with van der Waals surface area (Å²) in [4.78, 5) is 0. The van der Waals surface area contributed by atoms with E-state index < -0.39 is 6.43 Å². The Morgan fingerprint density at radius 1 is 1.67 bits per heavy atom. The summed E-state index contributed by atoms with van der Waals surface area (Å²) >= 11 is 5.62. The summed E-state index contributed by atoms with van der Waals surface area (Å²) in [5, 5.41) is 3.93. The third-order valence-corrected chi connectivity index (χ3v) is 1.77. The molecule has 0 aromatic carbocycles. The van der Waals surface area contributed by atoms with Crippen LogP contribution in [0.3, 0.4) is 0 Å². The molecular weight excluding hydrogens is 188 g/mol. The molecule has 3 nitrogen and oxygen atoms in total. The quantitative estimate of drug-likeness (QED) is 0.799. The Morgan fingerprint density at radius 3 is 2.75 bits per heavy atom. The summed E-state index contributed by atoms with van der Waals surface area (Å²) in [6.07, 6.45) is -1.26. The molecule has 0 unspecified atom stereocenters. The molecule has 0 spiro atoms. The number of alkyl halides is 2. The molecule has 1 aromatic rings. The summed E-state index contributed by atoms with van der Waals surface area (Å²) < 4.78 is 24.7. The van der Waals surface area contributed by atoms with Gasteiger partial charge in [-0.2, -0.15) is 5.10 Å². The van der Waals surface area contributed by atoms with Crippen molar-refractivity contribution >= 4 is 17.3 Å². The van der Waals surface area contributed by atoms with Crippen LogP contribution in [0.5, 0.6) is 0 Å². The van der Waals surface area contributed by atoms with Crippen molar-refractivity contribution in [1.82, 2.24) is 9.78 Å². The van der Waals surface area contributed by atoms with Gasteiger partial charge in [-0.15, -0.1) is 0 Å². The maximum absolute atomic E-state index is 11.7. The van der Waals surface area contributed by atoms with E-state index in [9.17, 15) is 8.78 Å². The number of aromatic nitrogens is 2. The van der Waals surface area contributed by atoms with Crippen LogP contribution in [-0.2, 0) is 6.54 Å². The van der Waals surface area contributed by atoms with Crippen molar-refractivity contribution in [2.45, 2.75) is 19.4 Å². The Kier molecular flexibility index (Phi) is 2.86. The van der Waals surface area contributed by atoms with Gasteiger partial charge in [0, 0.05) is 13.0 Å². The highest BCUT2D eigenvalue weighted by Crippen LogP contribution is 2.17. The predicted octanol–water partition coefficient (Wildman–Crippen LogP) is 1.77. The predicted molar refractivity (Wildman–Crippen MR) is 42.3 cm³/mol. The molecular formula is C6H8ClF2N3. The molecule has 0 radical (unpaired) electrons. The average molecular weight is 196 g/mol. The fourth-order valence-corrected chi connectivity index (χ4v) is 0.938. The number of rotatable bonds is 3. The molecule has 0 aliphatic carbocycles. The normalized spacial score (nSPS) is 11.0. The van der Waals surface area contributed by atoms with E-state index in [1.54, 1.807) is 0 Å². The second-order valence-corrected chi connectivity index (χ2v) is 2.65. The third-order valence-electron chi connectivity index (χ3n) is 1.36. The van der Waals surface area contributed by atoms with Crippen molar-refractivity contribution < 1.29 is 8.78 Å². The molecule has 1 rings (SSSR count). The Bertz CT molecular complexity index is 261. The fraction of sp³-hybridized carbons (Fsp3) is 0.500. The Morgan fingerprint density at radius 2 is 2.33 bits per heavy atom. The lowest BCUT2D eigenvalue weighted by Crippen LogP contribution is -2.04. The summed E-state index contributed by atoms with van der Waals surface area (Å²) in [5.74, 6) is 0. The van der Waals surface area contributed by atoms with Crippen LogP contribution in [0.1, 0.15) is 6.42 Å². The molecule has 1 heterocycles. The highest BCUT2D eigenvalue weighted by Gasteiger charge is 2.07. The molecule has 6 heteroatoms. The van der Waals surface area contributed by atoms with Crippen LogP contribution in [0, 0.1) is 0 Å². The molecule has 0 bridgehead atoms. The van der Waals surface area contributed by atoms with Crippen molar-refractivity contribution in [2.75, 3.05) is 5.73 Å². The SMILES string of the molecule is Nc1cnn(CCC(F)F)c1Cl. The van der Waals surface area contributed by atoms with E-state index in [2.05, 4.69) is 5.10 Å². The van der Waals surface area contributed by atoms with Gasteiger partial charge in [0.2, 0.25) is 6.43 Å². The third kappa shape index (κ3) is 2.07. The van der Waals surface area contributed by atoms with Crippen molar-refractivity contribution in [1.29, 1.82) is 0 Å². The molecule has 0 saturated heterocycles. The molecule has 68 valence electrons. The summed E-state index contributed by atoms with van der Waals surface area (Å²) in [7, 11) is 0. The first-order valence-electron chi connectivity index (χ1n) is 3.36. The molecule has 0 amide bonds. The van der Waals surface area contributed by atoms with Crippen molar-refractivity contribution in [3.05, 3.63) is 11.3 Å².